The molecule has 0 saturated heterocycles. The van der Waals surface area contributed by atoms with Gasteiger partial charge in [0.05, 0.1) is 5.56 Å². The molecule has 5 heteroatoms. The van der Waals surface area contributed by atoms with E-state index in [9.17, 15) is 15.0 Å². The maximum Gasteiger partial charge on any atom is 0.261 e. The van der Waals surface area contributed by atoms with Crippen molar-refractivity contribution in [1.82, 2.24) is 4.57 Å². The molecule has 0 radical (unpaired) electrons. The van der Waals surface area contributed by atoms with Crippen molar-refractivity contribution < 1.29 is 15.0 Å². The Hall–Kier alpha value is -2.95. The first-order chi connectivity index (χ1) is 11.8. The van der Waals surface area contributed by atoms with Gasteiger partial charge in [0.1, 0.15) is 11.5 Å². The summed E-state index contributed by atoms with van der Waals surface area (Å²) in [6.45, 7) is 3.85. The number of anilines is 1. The molecular weight excluding hydrogens is 316 g/mol. The zero-order valence-corrected chi connectivity index (χ0v) is 14.8. The molecule has 0 bridgehead atoms. The van der Waals surface area contributed by atoms with Crippen molar-refractivity contribution in [3.8, 4) is 11.5 Å². The number of phenols is 2. The SMILES string of the molecule is CC(C)c1cc(C(=O)N(C)c2ccc3c(ccn3C)c2)c(O)cc1O. The highest BCUT2D eigenvalue weighted by Gasteiger charge is 2.21. The Kier molecular flexibility index (Phi) is 4.17. The van der Waals surface area contributed by atoms with Gasteiger partial charge >= 0.3 is 0 Å². The van der Waals surface area contributed by atoms with E-state index >= 15 is 0 Å². The van der Waals surface area contributed by atoms with Gasteiger partial charge in [-0.05, 0) is 41.8 Å². The highest BCUT2D eigenvalue weighted by Crippen LogP contribution is 2.33. The molecule has 0 aliphatic heterocycles. The molecule has 25 heavy (non-hydrogen) atoms. The fourth-order valence-corrected chi connectivity index (χ4v) is 3.00. The van der Waals surface area contributed by atoms with E-state index in [0.717, 1.165) is 16.6 Å². The lowest BCUT2D eigenvalue weighted by atomic mass is 9.98. The summed E-state index contributed by atoms with van der Waals surface area (Å²) in [5, 5.41) is 21.1. The van der Waals surface area contributed by atoms with E-state index in [-0.39, 0.29) is 28.9 Å². The number of aromatic nitrogens is 1. The van der Waals surface area contributed by atoms with Crippen LogP contribution in [0.15, 0.2) is 42.6 Å². The Bertz CT molecular complexity index is 957. The Morgan fingerprint density at radius 2 is 1.80 bits per heavy atom. The molecule has 2 N–H and O–H groups in total. The van der Waals surface area contributed by atoms with Gasteiger partial charge in [-0.2, -0.15) is 0 Å². The molecule has 0 aliphatic carbocycles. The lowest BCUT2D eigenvalue weighted by Gasteiger charge is -2.20. The molecule has 3 rings (SSSR count). The number of hydrogen-bond donors (Lipinski definition) is 2. The van der Waals surface area contributed by atoms with Crippen LogP contribution in [0.5, 0.6) is 11.5 Å². The van der Waals surface area contributed by atoms with Crippen molar-refractivity contribution in [3.63, 3.8) is 0 Å². The summed E-state index contributed by atoms with van der Waals surface area (Å²) < 4.78 is 2.02. The van der Waals surface area contributed by atoms with Gasteiger partial charge in [-0.25, -0.2) is 0 Å². The topological polar surface area (TPSA) is 65.7 Å². The zero-order chi connectivity index (χ0) is 18.3. The molecule has 130 valence electrons. The van der Waals surface area contributed by atoms with Crippen LogP contribution in [0.2, 0.25) is 0 Å². The van der Waals surface area contributed by atoms with Crippen LogP contribution >= 0.6 is 0 Å². The van der Waals surface area contributed by atoms with Crippen LogP contribution < -0.4 is 4.90 Å². The molecule has 0 spiro atoms. The number of amides is 1. The maximum absolute atomic E-state index is 12.9. The second kappa shape index (κ2) is 6.16. The minimum atomic E-state index is -0.324. The Morgan fingerprint density at radius 3 is 2.48 bits per heavy atom. The lowest BCUT2D eigenvalue weighted by molar-refractivity contribution is 0.0990. The van der Waals surface area contributed by atoms with E-state index < -0.39 is 0 Å². The number of phenolic OH excluding ortho intramolecular Hbond substituents is 2. The summed E-state index contributed by atoms with van der Waals surface area (Å²) in [7, 11) is 3.65. The van der Waals surface area contributed by atoms with Crippen molar-refractivity contribution >= 4 is 22.5 Å². The van der Waals surface area contributed by atoms with Gasteiger partial charge in [-0.15, -0.1) is 0 Å². The van der Waals surface area contributed by atoms with Crippen molar-refractivity contribution in [2.24, 2.45) is 7.05 Å². The van der Waals surface area contributed by atoms with Gasteiger partial charge in [-0.1, -0.05) is 13.8 Å². The average Bonchev–Trinajstić information content (AvgIpc) is 2.94. The minimum Gasteiger partial charge on any atom is -0.508 e. The van der Waals surface area contributed by atoms with Crippen molar-refractivity contribution in [1.29, 1.82) is 0 Å². The first-order valence-corrected chi connectivity index (χ1v) is 8.18. The second-order valence-electron chi connectivity index (χ2n) is 6.62. The van der Waals surface area contributed by atoms with Gasteiger partial charge in [0, 0.05) is 42.9 Å². The third kappa shape index (κ3) is 2.93. The van der Waals surface area contributed by atoms with Gasteiger partial charge in [0.15, 0.2) is 0 Å². The number of nitrogens with zero attached hydrogens (tertiary/aromatic N) is 2. The molecule has 3 aromatic rings. The van der Waals surface area contributed by atoms with E-state index in [1.165, 1.54) is 11.0 Å². The van der Waals surface area contributed by atoms with Crippen LogP contribution in [-0.2, 0) is 7.05 Å². The molecule has 0 atom stereocenters. The van der Waals surface area contributed by atoms with Gasteiger partial charge in [0.2, 0.25) is 0 Å². The fourth-order valence-electron chi connectivity index (χ4n) is 3.00. The van der Waals surface area contributed by atoms with E-state index in [1.807, 2.05) is 55.9 Å². The number of carbonyl (C=O) groups is 1. The van der Waals surface area contributed by atoms with Crippen LogP contribution in [0, 0.1) is 0 Å². The quantitative estimate of drug-likeness (QED) is 0.759. The number of benzene rings is 2. The molecule has 0 aliphatic rings. The number of carbonyl (C=O) groups excluding carboxylic acids is 1. The first kappa shape index (κ1) is 16.9. The fraction of sp³-hybridized carbons (Fsp3) is 0.250. The molecule has 0 unspecified atom stereocenters. The van der Waals surface area contributed by atoms with Crippen molar-refractivity contribution in [2.75, 3.05) is 11.9 Å². The smallest absolute Gasteiger partial charge is 0.261 e. The summed E-state index contributed by atoms with van der Waals surface area (Å²) >= 11 is 0. The summed E-state index contributed by atoms with van der Waals surface area (Å²) in [6.07, 6.45) is 1.97. The van der Waals surface area contributed by atoms with Crippen LogP contribution in [-0.4, -0.2) is 27.7 Å². The number of rotatable bonds is 3. The summed E-state index contributed by atoms with van der Waals surface area (Å²) in [6, 6.07) is 10.6. The van der Waals surface area contributed by atoms with Crippen LogP contribution in [0.1, 0.15) is 35.7 Å². The van der Waals surface area contributed by atoms with Crippen molar-refractivity contribution in [3.05, 3.63) is 53.7 Å². The summed E-state index contributed by atoms with van der Waals surface area (Å²) in [5.41, 5.74) is 2.63. The number of hydrogen-bond acceptors (Lipinski definition) is 3. The predicted molar refractivity (Wildman–Crippen MR) is 99.5 cm³/mol. The van der Waals surface area contributed by atoms with Crippen LogP contribution in [0.25, 0.3) is 10.9 Å². The van der Waals surface area contributed by atoms with E-state index in [4.69, 9.17) is 0 Å². The third-order valence-electron chi connectivity index (χ3n) is 4.56. The Labute approximate surface area is 146 Å². The monoisotopic (exact) mass is 338 g/mol. The molecule has 1 aromatic heterocycles. The average molecular weight is 338 g/mol. The predicted octanol–water partition coefficient (Wildman–Crippen LogP) is 3.99. The van der Waals surface area contributed by atoms with Crippen LogP contribution in [0.3, 0.4) is 0 Å². The highest BCUT2D eigenvalue weighted by molar-refractivity contribution is 6.08. The molecule has 0 fully saturated rings. The summed E-state index contributed by atoms with van der Waals surface area (Å²) in [5.74, 6) is -0.509. The molecule has 1 amide bonds. The minimum absolute atomic E-state index is 0.00240. The molecule has 1 heterocycles. The maximum atomic E-state index is 12.9. The van der Waals surface area contributed by atoms with Crippen molar-refractivity contribution in [2.45, 2.75) is 19.8 Å². The lowest BCUT2D eigenvalue weighted by Crippen LogP contribution is -2.26. The first-order valence-electron chi connectivity index (χ1n) is 8.18. The van der Waals surface area contributed by atoms with Crippen LogP contribution in [0.4, 0.5) is 5.69 Å². The van der Waals surface area contributed by atoms with Gasteiger partial charge in [-0.3, -0.25) is 4.79 Å². The Morgan fingerprint density at radius 1 is 1.08 bits per heavy atom. The van der Waals surface area contributed by atoms with Gasteiger partial charge < -0.3 is 19.7 Å². The summed E-state index contributed by atoms with van der Waals surface area (Å²) in [4.78, 5) is 14.4. The normalized spacial score (nSPS) is 11.2. The van der Waals surface area contributed by atoms with Gasteiger partial charge in [0.25, 0.3) is 5.91 Å². The third-order valence-corrected chi connectivity index (χ3v) is 4.56. The molecular formula is C20H22N2O3. The molecule has 5 nitrogen and oxygen atoms in total. The molecule has 2 aromatic carbocycles. The largest absolute Gasteiger partial charge is 0.508 e. The number of aromatic hydroxyl groups is 2. The number of aryl methyl sites for hydroxylation is 1. The Balaban J connectivity index is 2.00. The second-order valence-corrected chi connectivity index (χ2v) is 6.62. The highest BCUT2D eigenvalue weighted by atomic mass is 16.3. The van der Waals surface area contributed by atoms with E-state index in [1.54, 1.807) is 13.1 Å². The standard InChI is InChI=1S/C20H22N2O3/c1-12(2)15-10-16(19(24)11-18(15)23)20(25)22(4)14-5-6-17-13(9-14)7-8-21(17)3/h5-12,23-24H,1-4H3. The number of fused-ring (bicyclic) bond motifs is 1. The molecule has 0 saturated carbocycles. The van der Waals surface area contributed by atoms with E-state index in [0.29, 0.717) is 5.56 Å². The van der Waals surface area contributed by atoms with E-state index in [2.05, 4.69) is 0 Å². The zero-order valence-electron chi connectivity index (χ0n) is 14.8.